The number of hydrogen-bond acceptors (Lipinski definition) is 5. The SMILES string of the molecule is Cc1nn(-c2ccccc2)c2nc(-c3ccccc3)cc(C(=O)OCC(=O)Nc3c(Cl)cc(Cl)cc3Cl)c12. The summed E-state index contributed by atoms with van der Waals surface area (Å²) in [4.78, 5) is 30.8. The maximum Gasteiger partial charge on any atom is 0.339 e. The second kappa shape index (κ2) is 10.8. The van der Waals surface area contributed by atoms with Crippen LogP contribution in [-0.4, -0.2) is 33.2 Å². The summed E-state index contributed by atoms with van der Waals surface area (Å²) in [6, 6.07) is 23.5. The zero-order valence-corrected chi connectivity index (χ0v) is 22.2. The van der Waals surface area contributed by atoms with Crippen molar-refractivity contribution in [3.05, 3.63) is 105 Å². The van der Waals surface area contributed by atoms with Crippen LogP contribution in [0.5, 0.6) is 0 Å². The van der Waals surface area contributed by atoms with Crippen molar-refractivity contribution in [1.29, 1.82) is 0 Å². The van der Waals surface area contributed by atoms with Gasteiger partial charge in [-0.1, -0.05) is 83.3 Å². The number of esters is 1. The normalized spacial score (nSPS) is 10.9. The summed E-state index contributed by atoms with van der Waals surface area (Å²) >= 11 is 18.2. The number of amides is 1. The van der Waals surface area contributed by atoms with Crippen LogP contribution in [0, 0.1) is 6.92 Å². The van der Waals surface area contributed by atoms with E-state index in [1.807, 2.05) is 60.7 Å². The number of pyridine rings is 1. The van der Waals surface area contributed by atoms with Crippen molar-refractivity contribution in [1.82, 2.24) is 14.8 Å². The molecule has 5 rings (SSSR count). The molecule has 2 aromatic heterocycles. The standard InChI is InChI=1S/C28H19Cl3N4O3/c1-16-25-20(28(37)38-15-24(36)33-26-21(30)12-18(29)13-22(26)31)14-23(17-8-4-2-5-9-17)32-27(25)35(34-16)19-10-6-3-7-11-19/h2-14H,15H2,1H3,(H,33,36). The lowest BCUT2D eigenvalue weighted by atomic mass is 10.1. The number of ether oxygens (including phenoxy) is 1. The van der Waals surface area contributed by atoms with Crippen molar-refractivity contribution in [2.45, 2.75) is 6.92 Å². The fourth-order valence-corrected chi connectivity index (χ4v) is 4.91. The molecule has 10 heteroatoms. The fourth-order valence-electron chi connectivity index (χ4n) is 4.00. The van der Waals surface area contributed by atoms with Gasteiger partial charge < -0.3 is 10.1 Å². The van der Waals surface area contributed by atoms with Crippen LogP contribution in [0.4, 0.5) is 5.69 Å². The number of hydrogen-bond donors (Lipinski definition) is 1. The first kappa shape index (κ1) is 25.7. The van der Waals surface area contributed by atoms with Crippen molar-refractivity contribution in [3.8, 4) is 16.9 Å². The maximum absolute atomic E-state index is 13.3. The van der Waals surface area contributed by atoms with Gasteiger partial charge in [-0.2, -0.15) is 5.10 Å². The molecule has 0 aliphatic heterocycles. The molecule has 190 valence electrons. The van der Waals surface area contributed by atoms with E-state index in [1.54, 1.807) is 17.7 Å². The summed E-state index contributed by atoms with van der Waals surface area (Å²) < 4.78 is 7.09. The monoisotopic (exact) mass is 564 g/mol. The molecule has 38 heavy (non-hydrogen) atoms. The molecular weight excluding hydrogens is 547 g/mol. The van der Waals surface area contributed by atoms with Crippen molar-refractivity contribution in [2.24, 2.45) is 0 Å². The topological polar surface area (TPSA) is 86.1 Å². The van der Waals surface area contributed by atoms with Crippen LogP contribution in [0.15, 0.2) is 78.9 Å². The molecule has 7 nitrogen and oxygen atoms in total. The van der Waals surface area contributed by atoms with Gasteiger partial charge in [-0.15, -0.1) is 0 Å². The molecule has 2 heterocycles. The first-order chi connectivity index (χ1) is 18.3. The molecule has 0 aliphatic rings. The average molecular weight is 566 g/mol. The Kier molecular flexibility index (Phi) is 7.33. The fraction of sp³-hybridized carbons (Fsp3) is 0.0714. The minimum absolute atomic E-state index is 0.162. The molecule has 0 radical (unpaired) electrons. The van der Waals surface area contributed by atoms with Gasteiger partial charge in [0.25, 0.3) is 5.91 Å². The average Bonchev–Trinajstić information content (AvgIpc) is 3.26. The van der Waals surface area contributed by atoms with Gasteiger partial charge in [0.1, 0.15) is 0 Å². The van der Waals surface area contributed by atoms with Gasteiger partial charge in [0.15, 0.2) is 12.3 Å². The second-order valence-corrected chi connectivity index (χ2v) is 9.57. The van der Waals surface area contributed by atoms with Crippen LogP contribution in [0.2, 0.25) is 15.1 Å². The Morgan fingerprint density at radius 1 is 0.921 bits per heavy atom. The number of para-hydroxylation sites is 1. The van der Waals surface area contributed by atoms with E-state index in [0.717, 1.165) is 11.3 Å². The number of aryl methyl sites for hydroxylation is 1. The molecule has 5 aromatic rings. The highest BCUT2D eigenvalue weighted by Gasteiger charge is 2.23. The van der Waals surface area contributed by atoms with Gasteiger partial charge in [0.2, 0.25) is 0 Å². The van der Waals surface area contributed by atoms with Gasteiger partial charge in [0.05, 0.1) is 43.8 Å². The van der Waals surface area contributed by atoms with Crippen molar-refractivity contribution >= 4 is 63.4 Å². The van der Waals surface area contributed by atoms with Crippen LogP contribution in [-0.2, 0) is 9.53 Å². The number of carbonyl (C=O) groups excluding carboxylic acids is 2. The number of carbonyl (C=O) groups is 2. The lowest BCUT2D eigenvalue weighted by Gasteiger charge is -2.11. The molecule has 1 amide bonds. The van der Waals surface area contributed by atoms with Gasteiger partial charge in [0, 0.05) is 10.6 Å². The van der Waals surface area contributed by atoms with E-state index in [0.29, 0.717) is 27.4 Å². The van der Waals surface area contributed by atoms with Crippen molar-refractivity contribution in [2.75, 3.05) is 11.9 Å². The number of nitrogens with one attached hydrogen (secondary N) is 1. The predicted molar refractivity (Wildman–Crippen MR) is 149 cm³/mol. The molecule has 0 fully saturated rings. The van der Waals surface area contributed by atoms with Crippen molar-refractivity contribution in [3.63, 3.8) is 0 Å². The molecule has 0 saturated carbocycles. The molecular formula is C28H19Cl3N4O3. The van der Waals surface area contributed by atoms with Crippen LogP contribution < -0.4 is 5.32 Å². The van der Waals surface area contributed by atoms with Crippen molar-refractivity contribution < 1.29 is 14.3 Å². The Hall–Kier alpha value is -3.91. The first-order valence-corrected chi connectivity index (χ1v) is 12.6. The number of aromatic nitrogens is 3. The summed E-state index contributed by atoms with van der Waals surface area (Å²) in [5, 5.41) is 8.38. The Bertz CT molecular complexity index is 1650. The number of anilines is 1. The molecule has 0 spiro atoms. The van der Waals surface area contributed by atoms with Crippen LogP contribution >= 0.6 is 34.8 Å². The van der Waals surface area contributed by atoms with Gasteiger partial charge in [-0.05, 0) is 37.3 Å². The molecule has 0 atom stereocenters. The minimum atomic E-state index is -0.700. The number of benzene rings is 3. The highest BCUT2D eigenvalue weighted by Crippen LogP contribution is 2.34. The quantitative estimate of drug-likeness (QED) is 0.221. The summed E-state index contributed by atoms with van der Waals surface area (Å²) in [6.07, 6.45) is 0. The van der Waals surface area contributed by atoms with E-state index < -0.39 is 18.5 Å². The number of fused-ring (bicyclic) bond motifs is 1. The Balaban J connectivity index is 1.49. The molecule has 0 aliphatic carbocycles. The van der Waals surface area contributed by atoms with E-state index in [1.165, 1.54) is 12.1 Å². The molecule has 0 unspecified atom stereocenters. The highest BCUT2D eigenvalue weighted by atomic mass is 35.5. The Labute approximate surface area is 232 Å². The number of halogens is 3. The van der Waals surface area contributed by atoms with Crippen LogP contribution in [0.25, 0.3) is 28.0 Å². The number of rotatable bonds is 6. The van der Waals surface area contributed by atoms with E-state index >= 15 is 0 Å². The molecule has 0 bridgehead atoms. The lowest BCUT2D eigenvalue weighted by molar-refractivity contribution is -0.119. The Morgan fingerprint density at radius 3 is 2.21 bits per heavy atom. The molecule has 1 N–H and O–H groups in total. The Morgan fingerprint density at radius 2 is 1.55 bits per heavy atom. The van der Waals surface area contributed by atoms with Gasteiger partial charge in [-0.3, -0.25) is 4.79 Å². The maximum atomic E-state index is 13.3. The van der Waals surface area contributed by atoms with E-state index in [-0.39, 0.29) is 21.3 Å². The largest absolute Gasteiger partial charge is 0.452 e. The smallest absolute Gasteiger partial charge is 0.339 e. The highest BCUT2D eigenvalue weighted by molar-refractivity contribution is 6.42. The van der Waals surface area contributed by atoms with E-state index in [2.05, 4.69) is 10.4 Å². The summed E-state index contributed by atoms with van der Waals surface area (Å²) in [5.74, 6) is -1.32. The molecule has 0 saturated heterocycles. The molecule has 3 aromatic carbocycles. The predicted octanol–water partition coefficient (Wildman–Crippen LogP) is 7.15. The van der Waals surface area contributed by atoms with Gasteiger partial charge >= 0.3 is 5.97 Å². The third kappa shape index (κ3) is 5.22. The minimum Gasteiger partial charge on any atom is -0.452 e. The number of nitrogens with zero attached hydrogens (tertiary/aromatic N) is 3. The third-order valence-corrected chi connectivity index (χ3v) is 6.52. The summed E-state index contributed by atoms with van der Waals surface area (Å²) in [7, 11) is 0. The zero-order chi connectivity index (χ0) is 26.8. The van der Waals surface area contributed by atoms with E-state index in [4.69, 9.17) is 44.5 Å². The second-order valence-electron chi connectivity index (χ2n) is 8.32. The zero-order valence-electron chi connectivity index (χ0n) is 19.9. The van der Waals surface area contributed by atoms with Crippen LogP contribution in [0.3, 0.4) is 0 Å². The van der Waals surface area contributed by atoms with Crippen LogP contribution in [0.1, 0.15) is 16.1 Å². The third-order valence-electron chi connectivity index (χ3n) is 5.71. The summed E-state index contributed by atoms with van der Waals surface area (Å²) in [5.41, 5.74) is 3.66. The van der Waals surface area contributed by atoms with E-state index in [9.17, 15) is 9.59 Å². The van der Waals surface area contributed by atoms with Gasteiger partial charge in [-0.25, -0.2) is 14.5 Å². The lowest BCUT2D eigenvalue weighted by Crippen LogP contribution is -2.21. The summed E-state index contributed by atoms with van der Waals surface area (Å²) in [6.45, 7) is 1.23. The first-order valence-electron chi connectivity index (χ1n) is 11.4.